The van der Waals surface area contributed by atoms with Crippen LogP contribution in [0.15, 0.2) is 60.8 Å². The molecule has 0 spiro atoms. The van der Waals surface area contributed by atoms with Crippen LogP contribution in [0.4, 0.5) is 0 Å². The number of benzene rings is 2. The Hall–Kier alpha value is -2.39. The van der Waals surface area contributed by atoms with Crippen LogP contribution in [0, 0.1) is 0 Å². The molecule has 0 unspecified atom stereocenters. The molecule has 0 saturated heterocycles. The molecule has 1 heterocycles. The summed E-state index contributed by atoms with van der Waals surface area (Å²) in [5.41, 5.74) is 3.12. The molecule has 0 aliphatic carbocycles. The number of aromatic nitrogens is 1. The molecule has 0 amide bonds. The Kier molecular flexibility index (Phi) is 4.66. The van der Waals surface area contributed by atoms with Crippen LogP contribution in [0.25, 0.3) is 10.9 Å². The first-order chi connectivity index (χ1) is 10.8. The van der Waals surface area contributed by atoms with Crippen LogP contribution in [0.1, 0.15) is 22.3 Å². The Labute approximate surface area is 130 Å². The van der Waals surface area contributed by atoms with Gasteiger partial charge in [-0.25, -0.2) is 0 Å². The Morgan fingerprint density at radius 3 is 2.64 bits per heavy atom. The molecule has 112 valence electrons. The van der Waals surface area contributed by atoms with Gasteiger partial charge in [-0.1, -0.05) is 48.5 Å². The Morgan fingerprint density at radius 2 is 1.77 bits per heavy atom. The van der Waals surface area contributed by atoms with Gasteiger partial charge in [0.25, 0.3) is 0 Å². The van der Waals surface area contributed by atoms with Gasteiger partial charge in [-0.3, -0.25) is 4.79 Å². The first-order valence-electron chi connectivity index (χ1n) is 7.68. The molecule has 0 radical (unpaired) electrons. The lowest BCUT2D eigenvalue weighted by atomic mass is 10.1. The van der Waals surface area contributed by atoms with Gasteiger partial charge in [0.05, 0.1) is 6.54 Å². The maximum absolute atomic E-state index is 12.3. The molecular formula is C19H20N2O. The smallest absolute Gasteiger partial charge is 0.178 e. The molecule has 0 aliphatic heterocycles. The zero-order valence-electron chi connectivity index (χ0n) is 12.5. The third kappa shape index (κ3) is 3.43. The number of ketones is 1. The number of rotatable bonds is 7. The third-order valence-corrected chi connectivity index (χ3v) is 3.84. The number of carbonyl (C=O) groups is 1. The largest absolute Gasteiger partial charge is 0.360 e. The zero-order valence-corrected chi connectivity index (χ0v) is 12.5. The first kappa shape index (κ1) is 14.5. The molecule has 3 aromatic rings. The molecule has 2 aromatic carbocycles. The highest BCUT2D eigenvalue weighted by atomic mass is 16.1. The summed E-state index contributed by atoms with van der Waals surface area (Å²) in [5, 5.41) is 4.24. The number of fused-ring (bicyclic) bond motifs is 1. The third-order valence-electron chi connectivity index (χ3n) is 3.84. The van der Waals surface area contributed by atoms with E-state index in [0.29, 0.717) is 6.54 Å². The summed E-state index contributed by atoms with van der Waals surface area (Å²) in [4.78, 5) is 15.4. The molecule has 3 nitrogen and oxygen atoms in total. The van der Waals surface area contributed by atoms with Gasteiger partial charge in [-0.05, 0) is 31.0 Å². The van der Waals surface area contributed by atoms with Gasteiger partial charge in [0.1, 0.15) is 0 Å². The monoisotopic (exact) mass is 292 g/mol. The van der Waals surface area contributed by atoms with Gasteiger partial charge in [-0.15, -0.1) is 0 Å². The van der Waals surface area contributed by atoms with Crippen LogP contribution in [0.2, 0.25) is 0 Å². The second-order valence-electron chi connectivity index (χ2n) is 5.44. The fourth-order valence-electron chi connectivity index (χ4n) is 2.66. The molecule has 0 saturated carbocycles. The number of hydrogen-bond donors (Lipinski definition) is 2. The minimum Gasteiger partial charge on any atom is -0.360 e. The number of aromatic amines is 1. The molecule has 3 rings (SSSR count). The Morgan fingerprint density at radius 1 is 1.00 bits per heavy atom. The summed E-state index contributed by atoms with van der Waals surface area (Å²) in [7, 11) is 0. The fourth-order valence-corrected chi connectivity index (χ4v) is 2.66. The number of H-pyrrole nitrogens is 1. The minimum atomic E-state index is 0.136. The zero-order chi connectivity index (χ0) is 15.2. The average Bonchev–Trinajstić information content (AvgIpc) is 2.99. The Bertz CT molecular complexity index is 746. The van der Waals surface area contributed by atoms with Crippen molar-refractivity contribution in [1.82, 2.24) is 10.3 Å². The van der Waals surface area contributed by atoms with Crippen molar-refractivity contribution in [3.63, 3.8) is 0 Å². The molecule has 1 aromatic heterocycles. The first-order valence-corrected chi connectivity index (χ1v) is 7.68. The van der Waals surface area contributed by atoms with E-state index in [4.69, 9.17) is 0 Å². The number of Topliss-reactive ketones (excluding diaryl/α,β-unsaturated/α-hetero) is 1. The highest BCUT2D eigenvalue weighted by Gasteiger charge is 2.10. The molecule has 22 heavy (non-hydrogen) atoms. The maximum atomic E-state index is 12.3. The predicted molar refractivity (Wildman–Crippen MR) is 90.3 cm³/mol. The minimum absolute atomic E-state index is 0.136. The summed E-state index contributed by atoms with van der Waals surface area (Å²) in [6.45, 7) is 1.24. The van der Waals surface area contributed by atoms with Crippen LogP contribution in [-0.2, 0) is 6.42 Å². The molecule has 0 atom stereocenters. The molecular weight excluding hydrogens is 272 g/mol. The summed E-state index contributed by atoms with van der Waals surface area (Å²) in [6.07, 6.45) is 3.87. The number of nitrogens with one attached hydrogen (secondary N) is 2. The maximum Gasteiger partial charge on any atom is 0.178 e. The summed E-state index contributed by atoms with van der Waals surface area (Å²) in [6, 6.07) is 18.3. The van der Waals surface area contributed by atoms with Crippen molar-refractivity contribution in [1.29, 1.82) is 0 Å². The van der Waals surface area contributed by atoms with E-state index in [9.17, 15) is 4.79 Å². The van der Waals surface area contributed by atoms with Crippen LogP contribution >= 0.6 is 0 Å². The number of para-hydroxylation sites is 1. The van der Waals surface area contributed by atoms with Gasteiger partial charge in [0.2, 0.25) is 0 Å². The lowest BCUT2D eigenvalue weighted by molar-refractivity contribution is 0.0993. The number of hydrogen-bond acceptors (Lipinski definition) is 2. The van der Waals surface area contributed by atoms with Crippen molar-refractivity contribution < 1.29 is 4.79 Å². The fraction of sp³-hybridized carbons (Fsp3) is 0.211. The standard InChI is InChI=1S/C19H20N2O/c22-19(17-13-21-18-11-5-4-10-16(17)18)14-20-12-6-9-15-7-2-1-3-8-15/h1-5,7-8,10-11,13,20-21H,6,9,12,14H2. The average molecular weight is 292 g/mol. The van der Waals surface area contributed by atoms with Crippen molar-refractivity contribution in [2.75, 3.05) is 13.1 Å². The summed E-state index contributed by atoms with van der Waals surface area (Å²) < 4.78 is 0. The van der Waals surface area contributed by atoms with E-state index in [1.165, 1.54) is 5.56 Å². The SMILES string of the molecule is O=C(CNCCCc1ccccc1)c1c[nH]c2ccccc12. The van der Waals surface area contributed by atoms with Gasteiger partial charge in [0.15, 0.2) is 5.78 Å². The predicted octanol–water partition coefficient (Wildman–Crippen LogP) is 3.57. The van der Waals surface area contributed by atoms with Crippen LogP contribution in [0.3, 0.4) is 0 Å². The van der Waals surface area contributed by atoms with Gasteiger partial charge in [0, 0.05) is 22.7 Å². The van der Waals surface area contributed by atoms with Crippen molar-refractivity contribution in [2.24, 2.45) is 0 Å². The highest BCUT2D eigenvalue weighted by molar-refractivity contribution is 6.08. The van der Waals surface area contributed by atoms with E-state index >= 15 is 0 Å². The summed E-state index contributed by atoms with van der Waals surface area (Å²) >= 11 is 0. The van der Waals surface area contributed by atoms with E-state index < -0.39 is 0 Å². The Balaban J connectivity index is 1.47. The molecule has 0 fully saturated rings. The molecule has 0 aliphatic rings. The van der Waals surface area contributed by atoms with Crippen molar-refractivity contribution >= 4 is 16.7 Å². The van der Waals surface area contributed by atoms with E-state index in [1.54, 1.807) is 6.20 Å². The van der Waals surface area contributed by atoms with Gasteiger partial charge < -0.3 is 10.3 Å². The summed E-state index contributed by atoms with van der Waals surface area (Å²) in [5.74, 6) is 0.136. The topological polar surface area (TPSA) is 44.9 Å². The van der Waals surface area contributed by atoms with Gasteiger partial charge in [-0.2, -0.15) is 0 Å². The second kappa shape index (κ2) is 7.05. The molecule has 2 N–H and O–H groups in total. The number of aryl methyl sites for hydroxylation is 1. The highest BCUT2D eigenvalue weighted by Crippen LogP contribution is 2.17. The lowest BCUT2D eigenvalue weighted by Gasteiger charge is -2.04. The van der Waals surface area contributed by atoms with Crippen LogP contribution < -0.4 is 5.32 Å². The van der Waals surface area contributed by atoms with Gasteiger partial charge >= 0.3 is 0 Å². The second-order valence-corrected chi connectivity index (χ2v) is 5.44. The molecule has 0 bridgehead atoms. The van der Waals surface area contributed by atoms with E-state index in [0.717, 1.165) is 35.9 Å². The van der Waals surface area contributed by atoms with Crippen molar-refractivity contribution in [3.8, 4) is 0 Å². The molecule has 3 heteroatoms. The van der Waals surface area contributed by atoms with Crippen LogP contribution in [0.5, 0.6) is 0 Å². The normalized spacial score (nSPS) is 10.9. The van der Waals surface area contributed by atoms with Crippen molar-refractivity contribution in [3.05, 3.63) is 71.9 Å². The number of carbonyl (C=O) groups excluding carboxylic acids is 1. The van der Waals surface area contributed by atoms with E-state index in [1.807, 2.05) is 30.3 Å². The van der Waals surface area contributed by atoms with E-state index in [-0.39, 0.29) is 5.78 Å². The van der Waals surface area contributed by atoms with Crippen LogP contribution in [-0.4, -0.2) is 23.9 Å². The van der Waals surface area contributed by atoms with E-state index in [2.05, 4.69) is 34.6 Å². The lowest BCUT2D eigenvalue weighted by Crippen LogP contribution is -2.24. The quantitative estimate of drug-likeness (QED) is 0.516. The van der Waals surface area contributed by atoms with Crippen molar-refractivity contribution in [2.45, 2.75) is 12.8 Å².